The Morgan fingerprint density at radius 3 is 2.91 bits per heavy atom. The monoisotopic (exact) mass is 314 g/mol. The van der Waals surface area contributed by atoms with Crippen LogP contribution in [0.3, 0.4) is 0 Å². The second-order valence-corrected chi connectivity index (χ2v) is 4.71. The van der Waals surface area contributed by atoms with Crippen LogP contribution in [0.25, 0.3) is 6.08 Å². The first-order valence-electron chi connectivity index (χ1n) is 7.07. The molecular weight excluding hydrogens is 300 g/mol. The normalized spacial score (nSPS) is 14.5. The Morgan fingerprint density at radius 1 is 1.30 bits per heavy atom. The third-order valence-corrected chi connectivity index (χ3v) is 3.12. The number of ether oxygens (including phenoxy) is 3. The predicted molar refractivity (Wildman–Crippen MR) is 80.2 cm³/mol. The van der Waals surface area contributed by atoms with Crippen molar-refractivity contribution in [1.82, 2.24) is 0 Å². The number of carbonyl (C=O) groups excluding carboxylic acids is 2. The van der Waals surface area contributed by atoms with Crippen LogP contribution in [0.5, 0.6) is 11.5 Å². The lowest BCUT2D eigenvalue weighted by atomic mass is 10.1. The molecule has 1 aromatic heterocycles. The molecule has 118 valence electrons. The van der Waals surface area contributed by atoms with Crippen molar-refractivity contribution in [2.24, 2.45) is 0 Å². The standard InChI is InChI=1S/C17H14O6/c1-2-20-16(18)10-22-12-5-6-13-14(8-12)23-15(17(13)19)9-11-4-3-7-21-11/h3-9H,2,10H2,1H3. The number of ketones is 1. The summed E-state index contributed by atoms with van der Waals surface area (Å²) >= 11 is 0. The average Bonchev–Trinajstić information content (AvgIpc) is 3.15. The number of esters is 1. The second-order valence-electron chi connectivity index (χ2n) is 4.71. The van der Waals surface area contributed by atoms with Gasteiger partial charge in [0, 0.05) is 12.1 Å². The molecule has 1 aliphatic rings. The number of furan rings is 1. The third kappa shape index (κ3) is 3.26. The molecule has 0 amide bonds. The van der Waals surface area contributed by atoms with Crippen molar-refractivity contribution in [3.8, 4) is 11.5 Å². The molecule has 6 nitrogen and oxygen atoms in total. The Labute approximate surface area is 132 Å². The number of benzene rings is 1. The largest absolute Gasteiger partial charge is 0.482 e. The number of hydrogen-bond acceptors (Lipinski definition) is 6. The summed E-state index contributed by atoms with van der Waals surface area (Å²) in [6, 6.07) is 8.21. The third-order valence-electron chi connectivity index (χ3n) is 3.12. The Hall–Kier alpha value is -3.02. The van der Waals surface area contributed by atoms with Crippen molar-refractivity contribution in [3.63, 3.8) is 0 Å². The molecular formula is C17H14O6. The van der Waals surface area contributed by atoms with E-state index < -0.39 is 5.97 Å². The molecule has 0 bridgehead atoms. The van der Waals surface area contributed by atoms with E-state index in [4.69, 9.17) is 18.6 Å². The number of rotatable bonds is 5. The van der Waals surface area contributed by atoms with Crippen molar-refractivity contribution >= 4 is 17.8 Å². The van der Waals surface area contributed by atoms with E-state index in [0.29, 0.717) is 29.4 Å². The molecule has 0 saturated carbocycles. The number of fused-ring (bicyclic) bond motifs is 1. The van der Waals surface area contributed by atoms with E-state index >= 15 is 0 Å². The number of carbonyl (C=O) groups is 2. The molecule has 6 heteroatoms. The Balaban J connectivity index is 1.74. The van der Waals surface area contributed by atoms with Gasteiger partial charge in [-0.05, 0) is 31.2 Å². The second kappa shape index (κ2) is 6.39. The van der Waals surface area contributed by atoms with Gasteiger partial charge in [0.15, 0.2) is 12.4 Å². The molecule has 0 N–H and O–H groups in total. The Morgan fingerprint density at radius 2 is 2.17 bits per heavy atom. The smallest absolute Gasteiger partial charge is 0.344 e. The number of allylic oxidation sites excluding steroid dienone is 1. The molecule has 1 aromatic carbocycles. The Kier molecular flexibility index (Phi) is 4.14. The molecule has 1 aliphatic heterocycles. The number of Topliss-reactive ketones (excluding diaryl/α,β-unsaturated/α-hetero) is 1. The maximum atomic E-state index is 12.2. The fourth-order valence-corrected chi connectivity index (χ4v) is 2.10. The van der Waals surface area contributed by atoms with Gasteiger partial charge in [0.1, 0.15) is 17.3 Å². The van der Waals surface area contributed by atoms with Crippen LogP contribution in [-0.4, -0.2) is 25.0 Å². The molecule has 3 rings (SSSR count). The fraction of sp³-hybridized carbons (Fsp3) is 0.176. The van der Waals surface area contributed by atoms with Crippen LogP contribution in [0.1, 0.15) is 23.0 Å². The summed E-state index contributed by atoms with van der Waals surface area (Å²) < 4.78 is 20.8. The zero-order valence-corrected chi connectivity index (χ0v) is 12.4. The van der Waals surface area contributed by atoms with Crippen LogP contribution >= 0.6 is 0 Å². The minimum Gasteiger partial charge on any atom is -0.482 e. The quantitative estimate of drug-likeness (QED) is 0.624. The molecule has 2 heterocycles. The highest BCUT2D eigenvalue weighted by molar-refractivity contribution is 6.14. The van der Waals surface area contributed by atoms with Crippen LogP contribution in [0.15, 0.2) is 46.8 Å². The zero-order valence-electron chi connectivity index (χ0n) is 12.4. The molecule has 0 unspecified atom stereocenters. The molecule has 0 saturated heterocycles. The van der Waals surface area contributed by atoms with Gasteiger partial charge >= 0.3 is 5.97 Å². The number of hydrogen-bond donors (Lipinski definition) is 0. The molecule has 0 aliphatic carbocycles. The maximum absolute atomic E-state index is 12.2. The zero-order chi connectivity index (χ0) is 16.2. The van der Waals surface area contributed by atoms with E-state index in [0.717, 1.165) is 0 Å². The van der Waals surface area contributed by atoms with Gasteiger partial charge in [0.25, 0.3) is 0 Å². The molecule has 0 fully saturated rings. The Bertz CT molecular complexity index is 757. The highest BCUT2D eigenvalue weighted by atomic mass is 16.6. The molecule has 2 aromatic rings. The van der Waals surface area contributed by atoms with Crippen LogP contribution < -0.4 is 9.47 Å². The first-order chi connectivity index (χ1) is 11.2. The maximum Gasteiger partial charge on any atom is 0.344 e. The van der Waals surface area contributed by atoms with Gasteiger partial charge in [-0.25, -0.2) is 4.79 Å². The van der Waals surface area contributed by atoms with Gasteiger partial charge in [-0.15, -0.1) is 0 Å². The van der Waals surface area contributed by atoms with Crippen molar-refractivity contribution in [3.05, 3.63) is 53.7 Å². The lowest BCUT2D eigenvalue weighted by Crippen LogP contribution is -2.14. The van der Waals surface area contributed by atoms with Gasteiger partial charge in [-0.3, -0.25) is 4.79 Å². The summed E-state index contributed by atoms with van der Waals surface area (Å²) in [7, 11) is 0. The van der Waals surface area contributed by atoms with E-state index in [1.54, 1.807) is 37.3 Å². The van der Waals surface area contributed by atoms with Crippen molar-refractivity contribution in [1.29, 1.82) is 0 Å². The summed E-state index contributed by atoms with van der Waals surface area (Å²) in [6.45, 7) is 1.82. The van der Waals surface area contributed by atoms with Crippen LogP contribution in [0.4, 0.5) is 0 Å². The van der Waals surface area contributed by atoms with E-state index in [9.17, 15) is 9.59 Å². The minimum absolute atomic E-state index is 0.178. The van der Waals surface area contributed by atoms with Gasteiger partial charge in [0.05, 0.1) is 18.4 Å². The molecule has 23 heavy (non-hydrogen) atoms. The van der Waals surface area contributed by atoms with Crippen molar-refractivity contribution in [2.45, 2.75) is 6.92 Å². The molecule has 0 spiro atoms. The fourth-order valence-electron chi connectivity index (χ4n) is 2.10. The van der Waals surface area contributed by atoms with E-state index in [-0.39, 0.29) is 18.1 Å². The lowest BCUT2D eigenvalue weighted by molar-refractivity contribution is -0.145. The highest BCUT2D eigenvalue weighted by Crippen LogP contribution is 2.34. The summed E-state index contributed by atoms with van der Waals surface area (Å²) in [6.07, 6.45) is 3.04. The topological polar surface area (TPSA) is 75.0 Å². The van der Waals surface area contributed by atoms with Gasteiger partial charge in [-0.2, -0.15) is 0 Å². The van der Waals surface area contributed by atoms with Crippen LogP contribution in [0, 0.1) is 0 Å². The SMILES string of the molecule is CCOC(=O)COc1ccc2c(c1)OC(=Cc1ccco1)C2=O. The molecule has 0 radical (unpaired) electrons. The average molecular weight is 314 g/mol. The van der Waals surface area contributed by atoms with E-state index in [1.165, 1.54) is 12.3 Å². The van der Waals surface area contributed by atoms with Crippen molar-refractivity contribution < 1.29 is 28.2 Å². The molecule has 0 atom stereocenters. The van der Waals surface area contributed by atoms with E-state index in [1.807, 2.05) is 0 Å². The summed E-state index contributed by atoms with van der Waals surface area (Å²) in [5.74, 6) is 0.826. The van der Waals surface area contributed by atoms with Crippen molar-refractivity contribution in [2.75, 3.05) is 13.2 Å². The summed E-state index contributed by atoms with van der Waals surface area (Å²) in [5.41, 5.74) is 0.436. The summed E-state index contributed by atoms with van der Waals surface area (Å²) in [4.78, 5) is 23.5. The van der Waals surface area contributed by atoms with Gasteiger partial charge in [-0.1, -0.05) is 0 Å². The first-order valence-corrected chi connectivity index (χ1v) is 7.07. The minimum atomic E-state index is -0.455. The lowest BCUT2D eigenvalue weighted by Gasteiger charge is -2.06. The van der Waals surface area contributed by atoms with Gasteiger partial charge in [0.2, 0.25) is 5.78 Å². The highest BCUT2D eigenvalue weighted by Gasteiger charge is 2.28. The predicted octanol–water partition coefficient (Wildman–Crippen LogP) is 2.84. The first kappa shape index (κ1) is 14.9. The summed E-state index contributed by atoms with van der Waals surface area (Å²) in [5, 5.41) is 0. The van der Waals surface area contributed by atoms with Crippen LogP contribution in [0.2, 0.25) is 0 Å². The van der Waals surface area contributed by atoms with E-state index in [2.05, 4.69) is 0 Å². The van der Waals surface area contributed by atoms with Gasteiger partial charge < -0.3 is 18.6 Å². The van der Waals surface area contributed by atoms with Crippen LogP contribution in [-0.2, 0) is 9.53 Å².